The van der Waals surface area contributed by atoms with E-state index in [1.54, 1.807) is 7.05 Å². The zero-order chi connectivity index (χ0) is 11.5. The molecule has 0 amide bonds. The summed E-state index contributed by atoms with van der Waals surface area (Å²) in [4.78, 5) is 0. The predicted molar refractivity (Wildman–Crippen MR) is 53.0 cm³/mol. The minimum Gasteiger partial charge on any atom is -0.391 e. The number of rotatable bonds is 2. The van der Waals surface area contributed by atoms with E-state index in [0.29, 0.717) is 18.5 Å². The molecule has 1 aliphatic rings. The molecule has 0 bridgehead atoms. The maximum atomic E-state index is 12.4. The van der Waals surface area contributed by atoms with E-state index in [1.807, 2.05) is 0 Å². The molecule has 0 aromatic rings. The van der Waals surface area contributed by atoms with Crippen molar-refractivity contribution < 1.29 is 13.2 Å². The minimum absolute atomic E-state index is 0.141. The van der Waals surface area contributed by atoms with Gasteiger partial charge >= 0.3 is 6.18 Å². The van der Waals surface area contributed by atoms with Crippen molar-refractivity contribution in [3.63, 3.8) is 0 Å². The topological polar surface area (TPSA) is 35.9 Å². The van der Waals surface area contributed by atoms with Gasteiger partial charge in [0.05, 0.1) is 0 Å². The predicted octanol–water partition coefficient (Wildman–Crippen LogP) is 3.01. The van der Waals surface area contributed by atoms with Gasteiger partial charge in [0, 0.05) is 18.3 Å². The van der Waals surface area contributed by atoms with E-state index in [2.05, 4.69) is 5.32 Å². The molecule has 0 atom stereocenters. The highest BCUT2D eigenvalue weighted by Gasteiger charge is 2.37. The van der Waals surface area contributed by atoms with Crippen molar-refractivity contribution in [2.24, 2.45) is 0 Å². The summed E-state index contributed by atoms with van der Waals surface area (Å²) in [5.41, 5.74) is -0.467. The summed E-state index contributed by atoms with van der Waals surface area (Å²) in [6.07, 6.45) is -0.996. The molecule has 15 heavy (non-hydrogen) atoms. The largest absolute Gasteiger partial charge is 0.432 e. The van der Waals surface area contributed by atoms with Gasteiger partial charge in [-0.1, -0.05) is 6.42 Å². The van der Waals surface area contributed by atoms with Crippen LogP contribution in [0, 0.1) is 5.41 Å². The Morgan fingerprint density at radius 3 is 2.33 bits per heavy atom. The van der Waals surface area contributed by atoms with E-state index in [9.17, 15) is 13.2 Å². The minimum atomic E-state index is -4.53. The zero-order valence-electron chi connectivity index (χ0n) is 8.67. The molecule has 0 aromatic carbocycles. The van der Waals surface area contributed by atoms with Crippen LogP contribution in [0.2, 0.25) is 0 Å². The maximum absolute atomic E-state index is 12.4. The summed E-state index contributed by atoms with van der Waals surface area (Å²) in [5.74, 6) is 0. The normalized spacial score (nSPS) is 18.7. The number of hydrogen-bond acceptors (Lipinski definition) is 2. The van der Waals surface area contributed by atoms with E-state index in [4.69, 9.17) is 5.41 Å². The fourth-order valence-corrected chi connectivity index (χ4v) is 1.80. The number of alkyl halides is 3. The molecule has 0 saturated heterocycles. The highest BCUT2D eigenvalue weighted by Crippen LogP contribution is 2.29. The molecule has 0 fully saturated rings. The lowest BCUT2D eigenvalue weighted by Gasteiger charge is -2.15. The Balaban J connectivity index is 2.96. The summed E-state index contributed by atoms with van der Waals surface area (Å²) in [7, 11) is 1.62. The Kier molecular flexibility index (Phi) is 3.77. The van der Waals surface area contributed by atoms with Gasteiger partial charge in [-0.2, -0.15) is 13.2 Å². The fraction of sp³-hybridized carbons (Fsp3) is 0.700. The first-order chi connectivity index (χ1) is 6.96. The van der Waals surface area contributed by atoms with Gasteiger partial charge in [0.2, 0.25) is 0 Å². The van der Waals surface area contributed by atoms with Crippen LogP contribution >= 0.6 is 0 Å². The third kappa shape index (κ3) is 2.97. The van der Waals surface area contributed by atoms with Gasteiger partial charge in [0.25, 0.3) is 0 Å². The van der Waals surface area contributed by atoms with Crippen LogP contribution in [0.25, 0.3) is 0 Å². The fourth-order valence-electron chi connectivity index (χ4n) is 1.80. The van der Waals surface area contributed by atoms with Crippen LogP contribution in [0.5, 0.6) is 0 Å². The third-order valence-corrected chi connectivity index (χ3v) is 2.60. The van der Waals surface area contributed by atoms with E-state index >= 15 is 0 Å². The van der Waals surface area contributed by atoms with Crippen molar-refractivity contribution in [2.45, 2.75) is 38.3 Å². The number of nitrogens with one attached hydrogen (secondary N) is 2. The molecule has 0 aliphatic heterocycles. The Morgan fingerprint density at radius 1 is 1.20 bits per heavy atom. The van der Waals surface area contributed by atoms with E-state index < -0.39 is 11.9 Å². The first-order valence-corrected chi connectivity index (χ1v) is 5.02. The van der Waals surface area contributed by atoms with Crippen molar-refractivity contribution in [2.75, 3.05) is 7.05 Å². The lowest BCUT2D eigenvalue weighted by atomic mass is 10.0. The molecule has 2 nitrogen and oxygen atoms in total. The zero-order valence-corrected chi connectivity index (χ0v) is 8.67. The first kappa shape index (κ1) is 12.1. The number of allylic oxidation sites excluding steroid dienone is 2. The van der Waals surface area contributed by atoms with Crippen LogP contribution in [0.15, 0.2) is 11.3 Å². The number of hydrogen-bond donors (Lipinski definition) is 2. The molecule has 0 heterocycles. The van der Waals surface area contributed by atoms with Crippen molar-refractivity contribution in [3.8, 4) is 0 Å². The van der Waals surface area contributed by atoms with Crippen molar-refractivity contribution >= 4 is 5.71 Å². The molecule has 1 rings (SSSR count). The Hall–Kier alpha value is -1.00. The molecule has 86 valence electrons. The number of halogens is 3. The molecule has 0 saturated carbocycles. The van der Waals surface area contributed by atoms with Gasteiger partial charge < -0.3 is 5.32 Å². The van der Waals surface area contributed by atoms with Crippen LogP contribution in [-0.4, -0.2) is 18.9 Å². The molecule has 0 aromatic heterocycles. The Morgan fingerprint density at radius 2 is 1.80 bits per heavy atom. The van der Waals surface area contributed by atoms with Crippen molar-refractivity contribution in [1.82, 2.24) is 5.32 Å². The average molecular weight is 220 g/mol. The average Bonchev–Trinajstić information content (AvgIpc) is 2.39. The first-order valence-electron chi connectivity index (χ1n) is 5.02. The standard InChI is InChI=1S/C10H15F3N2/c1-15-8-6-4-2-3-5-7(8)9(14)10(11,12)13/h14-15H,2-6H2,1H3. The van der Waals surface area contributed by atoms with Gasteiger partial charge in [-0.25, -0.2) is 0 Å². The Labute approximate surface area is 87.1 Å². The highest BCUT2D eigenvalue weighted by molar-refractivity contribution is 6.02. The van der Waals surface area contributed by atoms with Crippen molar-refractivity contribution in [3.05, 3.63) is 11.3 Å². The lowest BCUT2D eigenvalue weighted by molar-refractivity contribution is -0.0591. The molecular weight excluding hydrogens is 205 g/mol. The van der Waals surface area contributed by atoms with E-state index in [1.165, 1.54) is 0 Å². The van der Waals surface area contributed by atoms with Crippen LogP contribution in [0.4, 0.5) is 13.2 Å². The van der Waals surface area contributed by atoms with Gasteiger partial charge in [0.15, 0.2) is 0 Å². The molecule has 0 spiro atoms. The van der Waals surface area contributed by atoms with Crippen LogP contribution < -0.4 is 5.32 Å². The highest BCUT2D eigenvalue weighted by atomic mass is 19.4. The van der Waals surface area contributed by atoms with E-state index in [0.717, 1.165) is 19.3 Å². The second-order valence-electron chi connectivity index (χ2n) is 3.64. The van der Waals surface area contributed by atoms with Gasteiger partial charge in [0.1, 0.15) is 5.71 Å². The van der Waals surface area contributed by atoms with Crippen molar-refractivity contribution in [1.29, 1.82) is 5.41 Å². The van der Waals surface area contributed by atoms with Crippen LogP contribution in [0.3, 0.4) is 0 Å². The van der Waals surface area contributed by atoms with Gasteiger partial charge in [-0.05, 0) is 25.7 Å². The van der Waals surface area contributed by atoms with Crippen LogP contribution in [-0.2, 0) is 0 Å². The Bertz CT molecular complexity index is 279. The summed E-state index contributed by atoms with van der Waals surface area (Å²) < 4.78 is 37.2. The maximum Gasteiger partial charge on any atom is 0.432 e. The summed E-state index contributed by atoms with van der Waals surface area (Å²) in [5, 5.41) is 9.93. The molecular formula is C10H15F3N2. The van der Waals surface area contributed by atoms with Crippen LogP contribution in [0.1, 0.15) is 32.1 Å². The monoisotopic (exact) mass is 220 g/mol. The quantitative estimate of drug-likeness (QED) is 0.689. The lowest BCUT2D eigenvalue weighted by Crippen LogP contribution is -2.26. The second-order valence-corrected chi connectivity index (χ2v) is 3.64. The summed E-state index contributed by atoms with van der Waals surface area (Å²) >= 11 is 0. The molecule has 5 heteroatoms. The SMILES string of the molecule is CNC1=C(C(=N)C(F)(F)F)CCCCC1. The summed E-state index contributed by atoms with van der Waals surface area (Å²) in [6.45, 7) is 0. The molecule has 0 unspecified atom stereocenters. The molecule has 0 radical (unpaired) electrons. The van der Waals surface area contributed by atoms with Gasteiger partial charge in [-0.15, -0.1) is 0 Å². The summed E-state index contributed by atoms with van der Waals surface area (Å²) in [6, 6.07) is 0. The molecule has 2 N–H and O–H groups in total. The van der Waals surface area contributed by atoms with E-state index in [-0.39, 0.29) is 5.57 Å². The van der Waals surface area contributed by atoms with Gasteiger partial charge in [-0.3, -0.25) is 5.41 Å². The smallest absolute Gasteiger partial charge is 0.391 e. The molecule has 1 aliphatic carbocycles. The second kappa shape index (κ2) is 4.68. The third-order valence-electron chi connectivity index (χ3n) is 2.60.